The molecule has 22 heavy (non-hydrogen) atoms. The summed E-state index contributed by atoms with van der Waals surface area (Å²) in [4.78, 5) is 27.3. The molecule has 2 aliphatic rings. The van der Waals surface area contributed by atoms with Crippen molar-refractivity contribution < 1.29 is 9.72 Å². The van der Waals surface area contributed by atoms with E-state index in [4.69, 9.17) is 0 Å². The van der Waals surface area contributed by atoms with Gasteiger partial charge in [-0.05, 0) is 44.3 Å². The predicted octanol–water partition coefficient (Wildman–Crippen LogP) is 2.15. The Bertz CT molecular complexity index is 594. The molecule has 2 heterocycles. The fourth-order valence-electron chi connectivity index (χ4n) is 3.74. The highest BCUT2D eigenvalue weighted by Crippen LogP contribution is 2.40. The minimum absolute atomic E-state index is 0.103. The number of benzene rings is 1. The number of hydrogen-bond acceptors (Lipinski definition) is 4. The largest absolute Gasteiger partial charge is 0.338 e. The number of nitrogens with zero attached hydrogens (tertiary/aromatic N) is 3. The quantitative estimate of drug-likeness (QED) is 0.620. The zero-order valence-electron chi connectivity index (χ0n) is 12.8. The number of carbonyl (C=O) groups is 1. The van der Waals surface area contributed by atoms with Gasteiger partial charge in [-0.3, -0.25) is 14.9 Å². The first-order valence-electron chi connectivity index (χ1n) is 7.72. The molecule has 6 nitrogen and oxygen atoms in total. The second-order valence-electron chi connectivity index (χ2n) is 6.55. The Balaban J connectivity index is 1.72. The maximum Gasteiger partial charge on any atom is 0.282 e. The SMILES string of the molecule is CN1CCC2(CCN(C(=O)c3ccccc3[N+](=O)[O-])CC2)C1. The number of amides is 1. The van der Waals surface area contributed by atoms with Crippen LogP contribution in [0.25, 0.3) is 0 Å². The van der Waals surface area contributed by atoms with Crippen LogP contribution in [-0.2, 0) is 0 Å². The van der Waals surface area contributed by atoms with Crippen molar-refractivity contribution in [3.63, 3.8) is 0 Å². The Morgan fingerprint density at radius 2 is 1.82 bits per heavy atom. The molecule has 6 heteroatoms. The molecule has 2 saturated heterocycles. The Hall–Kier alpha value is -1.95. The third-order valence-corrected chi connectivity index (χ3v) is 5.07. The molecule has 1 amide bonds. The summed E-state index contributed by atoms with van der Waals surface area (Å²) in [6.45, 7) is 3.61. The van der Waals surface area contributed by atoms with E-state index in [9.17, 15) is 14.9 Å². The molecule has 3 rings (SSSR count). The zero-order valence-corrected chi connectivity index (χ0v) is 12.8. The van der Waals surface area contributed by atoms with E-state index in [0.717, 1.165) is 25.9 Å². The van der Waals surface area contributed by atoms with E-state index in [1.165, 1.54) is 12.5 Å². The number of nitro benzene ring substituents is 1. The summed E-state index contributed by atoms with van der Waals surface area (Å²) >= 11 is 0. The Kier molecular flexibility index (Phi) is 3.87. The first-order chi connectivity index (χ1) is 10.5. The van der Waals surface area contributed by atoms with E-state index in [-0.39, 0.29) is 17.2 Å². The van der Waals surface area contributed by atoms with Crippen LogP contribution in [0.1, 0.15) is 29.6 Å². The summed E-state index contributed by atoms with van der Waals surface area (Å²) < 4.78 is 0. The molecular weight excluding hydrogens is 282 g/mol. The van der Waals surface area contributed by atoms with Crippen LogP contribution in [0, 0.1) is 15.5 Å². The Labute approximate surface area is 129 Å². The maximum absolute atomic E-state index is 12.6. The molecule has 1 spiro atoms. The van der Waals surface area contributed by atoms with E-state index in [1.54, 1.807) is 23.1 Å². The average molecular weight is 303 g/mol. The van der Waals surface area contributed by atoms with Gasteiger partial charge >= 0.3 is 0 Å². The third kappa shape index (κ3) is 2.70. The van der Waals surface area contributed by atoms with Gasteiger partial charge in [0.25, 0.3) is 11.6 Å². The molecule has 2 fully saturated rings. The summed E-state index contributed by atoms with van der Waals surface area (Å²) in [6, 6.07) is 6.21. The van der Waals surface area contributed by atoms with Gasteiger partial charge in [0.15, 0.2) is 0 Å². The van der Waals surface area contributed by atoms with Crippen molar-refractivity contribution in [3.8, 4) is 0 Å². The smallest absolute Gasteiger partial charge is 0.282 e. The van der Waals surface area contributed by atoms with Gasteiger partial charge in [0.2, 0.25) is 0 Å². The molecule has 118 valence electrons. The van der Waals surface area contributed by atoms with Gasteiger partial charge in [0.05, 0.1) is 4.92 Å². The van der Waals surface area contributed by atoms with Gasteiger partial charge in [-0.1, -0.05) is 12.1 Å². The van der Waals surface area contributed by atoms with Crippen LogP contribution in [0.3, 0.4) is 0 Å². The van der Waals surface area contributed by atoms with E-state index >= 15 is 0 Å². The summed E-state index contributed by atoms with van der Waals surface area (Å²) in [7, 11) is 2.14. The maximum atomic E-state index is 12.6. The topological polar surface area (TPSA) is 66.7 Å². The van der Waals surface area contributed by atoms with Gasteiger partial charge in [0, 0.05) is 25.7 Å². The minimum Gasteiger partial charge on any atom is -0.338 e. The lowest BCUT2D eigenvalue weighted by Gasteiger charge is -2.39. The molecule has 0 bridgehead atoms. The van der Waals surface area contributed by atoms with Crippen molar-refractivity contribution in [1.29, 1.82) is 0 Å². The summed E-state index contributed by atoms with van der Waals surface area (Å²) in [6.07, 6.45) is 3.17. The highest BCUT2D eigenvalue weighted by molar-refractivity contribution is 5.98. The molecular formula is C16H21N3O3. The van der Waals surface area contributed by atoms with Crippen molar-refractivity contribution in [2.75, 3.05) is 33.2 Å². The standard InChI is InChI=1S/C16H21N3O3/c1-17-9-6-16(12-17)7-10-18(11-8-16)15(20)13-4-2-3-5-14(13)19(21)22/h2-5H,6-12H2,1H3. The molecule has 0 saturated carbocycles. The number of piperidine rings is 1. The van der Waals surface area contributed by atoms with Gasteiger partial charge in [-0.25, -0.2) is 0 Å². The number of para-hydroxylation sites is 1. The van der Waals surface area contributed by atoms with Crippen LogP contribution in [0.5, 0.6) is 0 Å². The molecule has 0 atom stereocenters. The van der Waals surface area contributed by atoms with Gasteiger partial charge in [-0.2, -0.15) is 0 Å². The fraction of sp³-hybridized carbons (Fsp3) is 0.562. The molecule has 0 N–H and O–H groups in total. The first-order valence-corrected chi connectivity index (χ1v) is 7.72. The summed E-state index contributed by atoms with van der Waals surface area (Å²) in [5.41, 5.74) is 0.439. The Morgan fingerprint density at radius 1 is 1.18 bits per heavy atom. The minimum atomic E-state index is -0.482. The first kappa shape index (κ1) is 15.0. The number of carbonyl (C=O) groups excluding carboxylic acids is 1. The van der Waals surface area contributed by atoms with Crippen LogP contribution in [0.4, 0.5) is 5.69 Å². The van der Waals surface area contributed by atoms with Crippen molar-refractivity contribution >= 4 is 11.6 Å². The second-order valence-corrected chi connectivity index (χ2v) is 6.55. The predicted molar refractivity (Wildman–Crippen MR) is 82.8 cm³/mol. The number of hydrogen-bond donors (Lipinski definition) is 0. The van der Waals surface area contributed by atoms with E-state index < -0.39 is 4.92 Å². The van der Waals surface area contributed by atoms with Gasteiger partial charge < -0.3 is 9.80 Å². The summed E-state index contributed by atoms with van der Waals surface area (Å²) in [5.74, 6) is -0.214. The fourth-order valence-corrected chi connectivity index (χ4v) is 3.74. The lowest BCUT2D eigenvalue weighted by Crippen LogP contribution is -2.44. The van der Waals surface area contributed by atoms with Gasteiger partial charge in [-0.15, -0.1) is 0 Å². The van der Waals surface area contributed by atoms with Crippen LogP contribution < -0.4 is 0 Å². The highest BCUT2D eigenvalue weighted by atomic mass is 16.6. The number of likely N-dealkylation sites (tertiary alicyclic amines) is 2. The zero-order chi connectivity index (χ0) is 15.7. The number of rotatable bonds is 2. The normalized spacial score (nSPS) is 21.2. The molecule has 0 aromatic heterocycles. The Morgan fingerprint density at radius 3 is 2.41 bits per heavy atom. The monoisotopic (exact) mass is 303 g/mol. The second kappa shape index (κ2) is 5.68. The van der Waals surface area contributed by atoms with Crippen molar-refractivity contribution in [3.05, 3.63) is 39.9 Å². The van der Waals surface area contributed by atoms with E-state index in [1.807, 2.05) is 0 Å². The lowest BCUT2D eigenvalue weighted by molar-refractivity contribution is -0.385. The van der Waals surface area contributed by atoms with Crippen molar-refractivity contribution in [2.24, 2.45) is 5.41 Å². The van der Waals surface area contributed by atoms with Gasteiger partial charge in [0.1, 0.15) is 5.56 Å². The van der Waals surface area contributed by atoms with E-state index in [2.05, 4.69) is 11.9 Å². The molecule has 2 aliphatic heterocycles. The van der Waals surface area contributed by atoms with E-state index in [0.29, 0.717) is 18.5 Å². The van der Waals surface area contributed by atoms with Crippen LogP contribution in [-0.4, -0.2) is 53.9 Å². The number of nitro groups is 1. The van der Waals surface area contributed by atoms with Crippen LogP contribution in [0.2, 0.25) is 0 Å². The van der Waals surface area contributed by atoms with Crippen molar-refractivity contribution in [1.82, 2.24) is 9.80 Å². The molecule has 0 radical (unpaired) electrons. The lowest BCUT2D eigenvalue weighted by atomic mass is 9.77. The average Bonchev–Trinajstić information content (AvgIpc) is 2.88. The highest BCUT2D eigenvalue weighted by Gasteiger charge is 2.40. The van der Waals surface area contributed by atoms with Crippen LogP contribution in [0.15, 0.2) is 24.3 Å². The molecule has 0 unspecified atom stereocenters. The summed E-state index contributed by atoms with van der Waals surface area (Å²) in [5, 5.41) is 11.1. The van der Waals surface area contributed by atoms with Crippen molar-refractivity contribution in [2.45, 2.75) is 19.3 Å². The third-order valence-electron chi connectivity index (χ3n) is 5.07. The van der Waals surface area contributed by atoms with Crippen LogP contribution >= 0.6 is 0 Å². The molecule has 1 aromatic carbocycles. The molecule has 0 aliphatic carbocycles. The molecule has 1 aromatic rings.